The van der Waals surface area contributed by atoms with Crippen molar-refractivity contribution in [2.24, 2.45) is 0 Å². The van der Waals surface area contributed by atoms with Crippen LogP contribution < -0.4 is 5.56 Å². The molecule has 1 unspecified atom stereocenters. The Morgan fingerprint density at radius 3 is 2.65 bits per heavy atom. The van der Waals surface area contributed by atoms with Crippen LogP contribution in [0.25, 0.3) is 11.3 Å². The molecule has 1 heterocycles. The van der Waals surface area contributed by atoms with Gasteiger partial charge in [-0.1, -0.05) is 23.2 Å². The van der Waals surface area contributed by atoms with Gasteiger partial charge < -0.3 is 5.11 Å². The third-order valence-corrected chi connectivity index (χ3v) is 3.32. The Morgan fingerprint density at radius 1 is 1.30 bits per heavy atom. The minimum atomic E-state index is -1.14. The van der Waals surface area contributed by atoms with Crippen LogP contribution in [0.2, 0.25) is 10.0 Å². The Morgan fingerprint density at radius 2 is 2.00 bits per heavy atom. The highest BCUT2D eigenvalue weighted by atomic mass is 35.5. The van der Waals surface area contributed by atoms with Crippen molar-refractivity contribution in [3.05, 3.63) is 50.7 Å². The van der Waals surface area contributed by atoms with Crippen LogP contribution in [0.5, 0.6) is 0 Å². The van der Waals surface area contributed by atoms with Crippen LogP contribution in [0.4, 0.5) is 0 Å². The zero-order valence-corrected chi connectivity index (χ0v) is 11.9. The number of carbonyl (C=O) groups is 1. The highest BCUT2D eigenvalue weighted by Crippen LogP contribution is 2.28. The number of aliphatic carboxylic acids is 1. The lowest BCUT2D eigenvalue weighted by atomic mass is 10.1. The van der Waals surface area contributed by atoms with E-state index in [0.29, 0.717) is 21.3 Å². The number of carboxylic acid groups (broad SMARTS) is 1. The molecule has 2 rings (SSSR count). The summed E-state index contributed by atoms with van der Waals surface area (Å²) in [5.74, 6) is -1.14. The van der Waals surface area contributed by atoms with Gasteiger partial charge in [0.1, 0.15) is 0 Å². The van der Waals surface area contributed by atoms with E-state index in [1.165, 1.54) is 19.1 Å². The first-order chi connectivity index (χ1) is 9.40. The number of aromatic nitrogens is 2. The van der Waals surface area contributed by atoms with Crippen LogP contribution in [-0.2, 0) is 4.79 Å². The van der Waals surface area contributed by atoms with E-state index in [2.05, 4.69) is 5.10 Å². The number of hydrogen-bond acceptors (Lipinski definition) is 3. The topological polar surface area (TPSA) is 72.2 Å². The number of carboxylic acids is 1. The lowest BCUT2D eigenvalue weighted by molar-refractivity contribution is -0.140. The summed E-state index contributed by atoms with van der Waals surface area (Å²) in [4.78, 5) is 22.7. The molecule has 1 aromatic carbocycles. The minimum absolute atomic E-state index is 0.380. The lowest BCUT2D eigenvalue weighted by Crippen LogP contribution is -2.29. The van der Waals surface area contributed by atoms with Crippen molar-refractivity contribution in [3.63, 3.8) is 0 Å². The average molecular weight is 313 g/mol. The molecule has 0 saturated carbocycles. The molecule has 1 atom stereocenters. The first-order valence-corrected chi connectivity index (χ1v) is 6.44. The summed E-state index contributed by atoms with van der Waals surface area (Å²) in [6, 6.07) is 6.50. The summed E-state index contributed by atoms with van der Waals surface area (Å²) in [5, 5.41) is 13.9. The molecule has 0 amide bonds. The van der Waals surface area contributed by atoms with Gasteiger partial charge in [0.15, 0.2) is 6.04 Å². The van der Waals surface area contributed by atoms with E-state index in [1.807, 2.05) is 0 Å². The highest BCUT2D eigenvalue weighted by Gasteiger charge is 2.17. The van der Waals surface area contributed by atoms with E-state index in [0.717, 1.165) is 4.68 Å². The molecule has 5 nitrogen and oxygen atoms in total. The van der Waals surface area contributed by atoms with Gasteiger partial charge in [0.05, 0.1) is 10.7 Å². The van der Waals surface area contributed by atoms with E-state index in [9.17, 15) is 9.59 Å². The second-order valence-corrected chi connectivity index (χ2v) is 4.98. The number of halogens is 2. The molecule has 0 saturated heterocycles. The van der Waals surface area contributed by atoms with Crippen LogP contribution in [0.1, 0.15) is 13.0 Å². The second-order valence-electron chi connectivity index (χ2n) is 4.14. The lowest BCUT2D eigenvalue weighted by Gasteiger charge is -2.11. The summed E-state index contributed by atoms with van der Waals surface area (Å²) < 4.78 is 0.898. The van der Waals surface area contributed by atoms with Crippen molar-refractivity contribution in [3.8, 4) is 11.3 Å². The van der Waals surface area contributed by atoms with Gasteiger partial charge in [-0.05, 0) is 31.2 Å². The molecule has 2 aromatic rings. The highest BCUT2D eigenvalue weighted by molar-refractivity contribution is 6.35. The number of hydrogen-bond donors (Lipinski definition) is 1. The van der Waals surface area contributed by atoms with Gasteiger partial charge in [-0.2, -0.15) is 5.10 Å². The van der Waals surface area contributed by atoms with Crippen LogP contribution in [-0.4, -0.2) is 20.9 Å². The third-order valence-electron chi connectivity index (χ3n) is 2.75. The Hall–Kier alpha value is -1.85. The maximum absolute atomic E-state index is 11.7. The van der Waals surface area contributed by atoms with Crippen LogP contribution in [0.15, 0.2) is 35.1 Å². The predicted molar refractivity (Wildman–Crippen MR) is 76.3 cm³/mol. The molecule has 0 aliphatic heterocycles. The number of benzene rings is 1. The Kier molecular flexibility index (Phi) is 4.11. The zero-order valence-electron chi connectivity index (χ0n) is 10.4. The molecule has 0 aliphatic carbocycles. The van der Waals surface area contributed by atoms with Crippen molar-refractivity contribution < 1.29 is 9.90 Å². The molecule has 20 heavy (non-hydrogen) atoms. The molecular formula is C13H10Cl2N2O3. The zero-order chi connectivity index (χ0) is 14.9. The Bertz CT molecular complexity index is 728. The van der Waals surface area contributed by atoms with Crippen LogP contribution in [0, 0.1) is 0 Å². The number of nitrogens with zero attached hydrogens (tertiary/aromatic N) is 2. The summed E-state index contributed by atoms with van der Waals surface area (Å²) >= 11 is 12.0. The van der Waals surface area contributed by atoms with Gasteiger partial charge in [0.2, 0.25) is 0 Å². The van der Waals surface area contributed by atoms with E-state index in [1.54, 1.807) is 18.2 Å². The first-order valence-electron chi connectivity index (χ1n) is 5.68. The third kappa shape index (κ3) is 2.84. The summed E-state index contributed by atoms with van der Waals surface area (Å²) in [6.07, 6.45) is 0. The monoisotopic (exact) mass is 312 g/mol. The van der Waals surface area contributed by atoms with Gasteiger partial charge >= 0.3 is 5.97 Å². The van der Waals surface area contributed by atoms with Crippen molar-refractivity contribution in [2.75, 3.05) is 0 Å². The molecule has 0 fully saturated rings. The molecule has 7 heteroatoms. The fraction of sp³-hybridized carbons (Fsp3) is 0.154. The normalized spacial score (nSPS) is 12.2. The summed E-state index contributed by atoms with van der Waals surface area (Å²) in [7, 11) is 0. The SMILES string of the molecule is CC(C(=O)O)n1nc(-c2cc(Cl)ccc2Cl)ccc1=O. The molecule has 0 radical (unpaired) electrons. The molecule has 104 valence electrons. The molecular weight excluding hydrogens is 303 g/mol. The van der Waals surface area contributed by atoms with E-state index < -0.39 is 17.6 Å². The summed E-state index contributed by atoms with van der Waals surface area (Å²) in [6.45, 7) is 1.38. The first kappa shape index (κ1) is 14.6. The Labute approximate surface area is 124 Å². The fourth-order valence-corrected chi connectivity index (χ4v) is 2.03. The number of rotatable bonds is 3. The van der Waals surface area contributed by atoms with Crippen molar-refractivity contribution in [2.45, 2.75) is 13.0 Å². The largest absolute Gasteiger partial charge is 0.480 e. The van der Waals surface area contributed by atoms with Gasteiger partial charge in [-0.3, -0.25) is 4.79 Å². The average Bonchev–Trinajstić information content (AvgIpc) is 2.41. The van der Waals surface area contributed by atoms with Crippen molar-refractivity contribution in [1.29, 1.82) is 0 Å². The molecule has 1 aromatic heterocycles. The molecule has 0 spiro atoms. The van der Waals surface area contributed by atoms with E-state index in [4.69, 9.17) is 28.3 Å². The van der Waals surface area contributed by atoms with Crippen molar-refractivity contribution in [1.82, 2.24) is 9.78 Å². The van der Waals surface area contributed by atoms with Gasteiger partial charge in [0.25, 0.3) is 5.56 Å². The van der Waals surface area contributed by atoms with E-state index >= 15 is 0 Å². The molecule has 0 bridgehead atoms. The van der Waals surface area contributed by atoms with Gasteiger partial charge in [-0.25, -0.2) is 9.48 Å². The van der Waals surface area contributed by atoms with Gasteiger partial charge in [-0.15, -0.1) is 0 Å². The predicted octanol–water partition coefficient (Wildman–Crippen LogP) is 2.86. The molecule has 1 N–H and O–H groups in total. The maximum Gasteiger partial charge on any atom is 0.328 e. The van der Waals surface area contributed by atoms with Crippen molar-refractivity contribution >= 4 is 29.2 Å². The standard InChI is InChI=1S/C13H10Cl2N2O3/c1-7(13(19)20)17-12(18)5-4-11(16-17)9-6-8(14)2-3-10(9)15/h2-7H,1H3,(H,19,20). The fourth-order valence-electron chi connectivity index (χ4n) is 1.64. The van der Waals surface area contributed by atoms with E-state index in [-0.39, 0.29) is 0 Å². The summed E-state index contributed by atoms with van der Waals surface area (Å²) in [5.41, 5.74) is 0.414. The Balaban J connectivity index is 2.59. The van der Waals surface area contributed by atoms with Crippen LogP contribution >= 0.6 is 23.2 Å². The van der Waals surface area contributed by atoms with Gasteiger partial charge in [0, 0.05) is 16.7 Å². The quantitative estimate of drug-likeness (QED) is 0.946. The second kappa shape index (κ2) is 5.64. The smallest absolute Gasteiger partial charge is 0.328 e. The van der Waals surface area contributed by atoms with Crippen LogP contribution in [0.3, 0.4) is 0 Å². The molecule has 0 aliphatic rings. The maximum atomic E-state index is 11.7. The minimum Gasteiger partial charge on any atom is -0.480 e.